The van der Waals surface area contributed by atoms with Crippen LogP contribution in [-0.4, -0.2) is 46.8 Å². The fourth-order valence-electron chi connectivity index (χ4n) is 2.54. The number of thioether (sulfide) groups is 1. The number of amides is 2. The van der Waals surface area contributed by atoms with E-state index in [1.807, 2.05) is 32.0 Å². The van der Waals surface area contributed by atoms with Crippen LogP contribution in [0.3, 0.4) is 0 Å². The molecule has 0 aliphatic heterocycles. The van der Waals surface area contributed by atoms with Crippen LogP contribution in [0.25, 0.3) is 11.5 Å². The maximum absolute atomic E-state index is 12.2. The monoisotopic (exact) mass is 410 g/mol. The lowest BCUT2D eigenvalue weighted by Crippen LogP contribution is -2.21. The van der Waals surface area contributed by atoms with Crippen LogP contribution in [0.15, 0.2) is 52.1 Å². The quantitative estimate of drug-likeness (QED) is 0.622. The van der Waals surface area contributed by atoms with Crippen molar-refractivity contribution < 1.29 is 14.0 Å². The van der Waals surface area contributed by atoms with Gasteiger partial charge in [0.05, 0.1) is 5.75 Å². The molecule has 3 rings (SSSR count). The molecule has 0 radical (unpaired) electrons. The Labute approximate surface area is 173 Å². The molecule has 8 heteroatoms. The minimum absolute atomic E-state index is 0.0885. The number of carbonyl (C=O) groups is 2. The zero-order valence-corrected chi connectivity index (χ0v) is 17.5. The zero-order chi connectivity index (χ0) is 21.0. The number of anilines is 1. The molecular formula is C21H22N4O3S. The number of rotatable bonds is 6. The molecule has 0 aliphatic carbocycles. The number of carbonyl (C=O) groups excluding carboxylic acids is 2. The van der Waals surface area contributed by atoms with Crippen molar-refractivity contribution in [2.75, 3.05) is 25.2 Å². The largest absolute Gasteiger partial charge is 0.411 e. The number of aromatic nitrogens is 2. The highest BCUT2D eigenvalue weighted by Crippen LogP contribution is 2.25. The van der Waals surface area contributed by atoms with E-state index >= 15 is 0 Å². The summed E-state index contributed by atoms with van der Waals surface area (Å²) in [6.45, 7) is 4.07. The van der Waals surface area contributed by atoms with Crippen molar-refractivity contribution >= 4 is 29.3 Å². The minimum atomic E-state index is -0.201. The predicted octanol–water partition coefficient (Wildman–Crippen LogP) is 3.79. The van der Waals surface area contributed by atoms with Gasteiger partial charge in [0, 0.05) is 30.9 Å². The highest BCUT2D eigenvalue weighted by molar-refractivity contribution is 7.99. The van der Waals surface area contributed by atoms with Gasteiger partial charge in [-0.15, -0.1) is 10.2 Å². The molecule has 0 aliphatic rings. The average molecular weight is 410 g/mol. The Bertz CT molecular complexity index is 1030. The minimum Gasteiger partial charge on any atom is -0.411 e. The Morgan fingerprint density at radius 1 is 1.03 bits per heavy atom. The molecule has 0 fully saturated rings. The van der Waals surface area contributed by atoms with Gasteiger partial charge in [0.2, 0.25) is 11.8 Å². The summed E-state index contributed by atoms with van der Waals surface area (Å²) in [6, 6.07) is 12.7. The van der Waals surface area contributed by atoms with Crippen molar-refractivity contribution in [3.8, 4) is 11.5 Å². The summed E-state index contributed by atoms with van der Waals surface area (Å²) in [5, 5.41) is 11.2. The van der Waals surface area contributed by atoms with Crippen LogP contribution in [0.2, 0.25) is 0 Å². The third-order valence-electron chi connectivity index (χ3n) is 4.31. The topological polar surface area (TPSA) is 88.3 Å². The average Bonchev–Trinajstić information content (AvgIpc) is 3.17. The lowest BCUT2D eigenvalue weighted by atomic mass is 10.1. The highest BCUT2D eigenvalue weighted by Gasteiger charge is 2.13. The molecule has 0 unspecified atom stereocenters. The van der Waals surface area contributed by atoms with Crippen molar-refractivity contribution in [2.24, 2.45) is 0 Å². The molecule has 2 amide bonds. The number of hydrogen-bond donors (Lipinski definition) is 1. The molecule has 1 N–H and O–H groups in total. The lowest BCUT2D eigenvalue weighted by molar-refractivity contribution is -0.113. The van der Waals surface area contributed by atoms with Crippen LogP contribution in [0.1, 0.15) is 21.5 Å². The maximum Gasteiger partial charge on any atom is 0.277 e. The van der Waals surface area contributed by atoms with Crippen molar-refractivity contribution in [1.82, 2.24) is 15.1 Å². The fourth-order valence-corrected chi connectivity index (χ4v) is 3.10. The first-order chi connectivity index (χ1) is 13.8. The third-order valence-corrected chi connectivity index (χ3v) is 5.13. The van der Waals surface area contributed by atoms with Crippen LogP contribution >= 0.6 is 11.8 Å². The molecule has 1 heterocycles. The summed E-state index contributed by atoms with van der Waals surface area (Å²) >= 11 is 1.17. The number of nitrogens with zero attached hydrogens (tertiary/aromatic N) is 3. The summed E-state index contributed by atoms with van der Waals surface area (Å²) in [5.41, 5.74) is 4.37. The second-order valence-corrected chi connectivity index (χ2v) is 7.71. The second kappa shape index (κ2) is 8.91. The van der Waals surface area contributed by atoms with Gasteiger partial charge in [-0.3, -0.25) is 9.59 Å². The molecule has 0 saturated carbocycles. The molecule has 2 aromatic carbocycles. The van der Waals surface area contributed by atoms with E-state index in [1.165, 1.54) is 22.2 Å². The van der Waals surface area contributed by atoms with Gasteiger partial charge in [0.25, 0.3) is 11.1 Å². The lowest BCUT2D eigenvalue weighted by Gasteiger charge is -2.10. The molecule has 0 atom stereocenters. The summed E-state index contributed by atoms with van der Waals surface area (Å²) in [5.74, 6) is 0.270. The molecule has 0 bridgehead atoms. The Balaban J connectivity index is 1.55. The van der Waals surface area contributed by atoms with Gasteiger partial charge in [-0.1, -0.05) is 17.8 Å². The number of hydrogen-bond acceptors (Lipinski definition) is 6. The van der Waals surface area contributed by atoms with Gasteiger partial charge in [0.1, 0.15) is 0 Å². The Hall–Kier alpha value is -3.13. The van der Waals surface area contributed by atoms with E-state index in [1.54, 1.807) is 38.4 Å². The van der Waals surface area contributed by atoms with E-state index in [0.717, 1.165) is 11.1 Å². The van der Waals surface area contributed by atoms with Crippen molar-refractivity contribution in [2.45, 2.75) is 19.1 Å². The summed E-state index contributed by atoms with van der Waals surface area (Å²) < 4.78 is 5.65. The van der Waals surface area contributed by atoms with E-state index in [0.29, 0.717) is 22.4 Å². The van der Waals surface area contributed by atoms with Gasteiger partial charge >= 0.3 is 0 Å². The van der Waals surface area contributed by atoms with Crippen molar-refractivity contribution in [1.29, 1.82) is 0 Å². The van der Waals surface area contributed by atoms with Crippen molar-refractivity contribution in [3.63, 3.8) is 0 Å². The van der Waals surface area contributed by atoms with E-state index in [-0.39, 0.29) is 17.6 Å². The molecule has 150 valence electrons. The summed E-state index contributed by atoms with van der Waals surface area (Å²) in [6.07, 6.45) is 0. The van der Waals surface area contributed by atoms with E-state index < -0.39 is 0 Å². The molecule has 29 heavy (non-hydrogen) atoms. The van der Waals surface area contributed by atoms with Crippen LogP contribution in [0.5, 0.6) is 0 Å². The highest BCUT2D eigenvalue weighted by atomic mass is 32.2. The Morgan fingerprint density at radius 2 is 1.76 bits per heavy atom. The van der Waals surface area contributed by atoms with Gasteiger partial charge in [-0.25, -0.2) is 0 Å². The van der Waals surface area contributed by atoms with Crippen LogP contribution in [-0.2, 0) is 4.79 Å². The Kier molecular flexibility index (Phi) is 6.33. The number of aryl methyl sites for hydroxylation is 2. The molecule has 0 saturated heterocycles. The third kappa shape index (κ3) is 5.23. The van der Waals surface area contributed by atoms with Crippen LogP contribution in [0.4, 0.5) is 5.69 Å². The molecule has 0 spiro atoms. The summed E-state index contributed by atoms with van der Waals surface area (Å²) in [4.78, 5) is 25.6. The van der Waals surface area contributed by atoms with E-state index in [4.69, 9.17) is 4.42 Å². The van der Waals surface area contributed by atoms with Crippen molar-refractivity contribution in [3.05, 3.63) is 59.2 Å². The second-order valence-electron chi connectivity index (χ2n) is 6.79. The van der Waals surface area contributed by atoms with Gasteiger partial charge in [0.15, 0.2) is 0 Å². The molecule has 7 nitrogen and oxygen atoms in total. The SMILES string of the molecule is Cc1ccc(-c2nnc(SCC(=O)Nc3ccc(C(=O)N(C)C)cc3)o2)cc1C. The maximum atomic E-state index is 12.2. The number of benzene rings is 2. The first kappa shape index (κ1) is 20.6. The van der Waals surface area contributed by atoms with E-state index in [9.17, 15) is 9.59 Å². The first-order valence-electron chi connectivity index (χ1n) is 8.99. The van der Waals surface area contributed by atoms with Gasteiger partial charge < -0.3 is 14.6 Å². The number of nitrogens with one attached hydrogen (secondary N) is 1. The standard InChI is InChI=1S/C21H22N4O3S/c1-13-5-6-16(11-14(13)2)19-23-24-21(28-19)29-12-18(26)22-17-9-7-15(8-10-17)20(27)25(3)4/h5-11H,12H2,1-4H3,(H,22,26). The molecular weight excluding hydrogens is 388 g/mol. The fraction of sp³-hybridized carbons (Fsp3) is 0.238. The first-order valence-corrected chi connectivity index (χ1v) is 9.97. The smallest absolute Gasteiger partial charge is 0.277 e. The van der Waals surface area contributed by atoms with Gasteiger partial charge in [-0.2, -0.15) is 0 Å². The normalized spacial score (nSPS) is 10.6. The van der Waals surface area contributed by atoms with Crippen LogP contribution in [0, 0.1) is 13.8 Å². The van der Waals surface area contributed by atoms with E-state index in [2.05, 4.69) is 15.5 Å². The zero-order valence-electron chi connectivity index (χ0n) is 16.7. The summed E-state index contributed by atoms with van der Waals surface area (Å²) in [7, 11) is 3.39. The Morgan fingerprint density at radius 3 is 2.41 bits per heavy atom. The van der Waals surface area contributed by atoms with Gasteiger partial charge in [-0.05, 0) is 61.4 Å². The van der Waals surface area contributed by atoms with Crippen LogP contribution < -0.4 is 5.32 Å². The molecule has 1 aromatic heterocycles. The molecule has 3 aromatic rings. The predicted molar refractivity (Wildman–Crippen MR) is 113 cm³/mol.